The molecule has 0 aliphatic heterocycles. The van der Waals surface area contributed by atoms with Gasteiger partial charge in [-0.15, -0.1) is 0 Å². The van der Waals surface area contributed by atoms with Gasteiger partial charge in [-0.05, 0) is 25.7 Å². The Morgan fingerprint density at radius 1 is 0.538 bits per heavy atom. The molecule has 0 unspecified atom stereocenters. The molecule has 0 heterocycles. The number of carbonyl (C=O) groups excluding carboxylic acids is 2. The zero-order chi connectivity index (χ0) is 20.1. The van der Waals surface area contributed by atoms with Crippen LogP contribution >= 0.6 is 0 Å². The topological polar surface area (TPSA) is 34.1 Å². The third kappa shape index (κ3) is 11.1. The Hall–Kier alpha value is -0.660. The normalized spacial score (nSPS) is 12.4. The minimum atomic E-state index is -0.302. The highest BCUT2D eigenvalue weighted by Gasteiger charge is 2.32. The highest BCUT2D eigenvalue weighted by molar-refractivity contribution is 5.85. The maximum atomic E-state index is 12.6. The zero-order valence-electron chi connectivity index (χ0n) is 18.7. The summed E-state index contributed by atoms with van der Waals surface area (Å²) in [6.07, 6.45) is 14.9. The third-order valence-corrected chi connectivity index (χ3v) is 5.90. The molecule has 0 aromatic carbocycles. The summed E-state index contributed by atoms with van der Waals surface area (Å²) in [5, 5.41) is 0. The van der Waals surface area contributed by atoms with E-state index in [1.807, 2.05) is 0 Å². The molecule has 2 nitrogen and oxygen atoms in total. The highest BCUT2D eigenvalue weighted by atomic mass is 16.1. The first-order chi connectivity index (χ1) is 12.2. The minimum absolute atomic E-state index is 0.302. The smallest absolute Gasteiger partial charge is 0.138 e. The van der Waals surface area contributed by atoms with Gasteiger partial charge in [-0.25, -0.2) is 0 Å². The summed E-state index contributed by atoms with van der Waals surface area (Å²) in [6, 6.07) is 0. The minimum Gasteiger partial charge on any atom is -0.299 e. The number of hydrogen-bond acceptors (Lipinski definition) is 2. The monoisotopic (exact) mass is 366 g/mol. The van der Waals surface area contributed by atoms with Crippen molar-refractivity contribution in [1.29, 1.82) is 0 Å². The Morgan fingerprint density at radius 2 is 0.846 bits per heavy atom. The fraction of sp³-hybridized carbons (Fsp3) is 0.917. The Kier molecular flexibility index (Phi) is 13.2. The molecule has 26 heavy (non-hydrogen) atoms. The summed E-state index contributed by atoms with van der Waals surface area (Å²) in [5.74, 6) is 0.744. The standard InChI is InChI=1S/C24H46O2/c1-7-9-11-13-15-17-21(25)23(3,4)19-20-24(5,6)22(26)18-16-14-12-10-8-2/h7-20H2,1-6H3. The number of Topliss-reactive ketones (excluding diaryl/α,β-unsaturated/α-hetero) is 2. The van der Waals surface area contributed by atoms with Crippen LogP contribution in [-0.4, -0.2) is 11.6 Å². The van der Waals surface area contributed by atoms with E-state index in [2.05, 4.69) is 41.5 Å². The van der Waals surface area contributed by atoms with E-state index in [0.29, 0.717) is 24.4 Å². The maximum Gasteiger partial charge on any atom is 0.138 e. The van der Waals surface area contributed by atoms with Crippen molar-refractivity contribution in [1.82, 2.24) is 0 Å². The van der Waals surface area contributed by atoms with Crippen molar-refractivity contribution in [2.75, 3.05) is 0 Å². The van der Waals surface area contributed by atoms with Gasteiger partial charge in [-0.3, -0.25) is 9.59 Å². The van der Waals surface area contributed by atoms with E-state index in [-0.39, 0.29) is 10.8 Å². The van der Waals surface area contributed by atoms with Crippen LogP contribution in [0.1, 0.15) is 131 Å². The predicted molar refractivity (Wildman–Crippen MR) is 114 cm³/mol. The molecular weight excluding hydrogens is 320 g/mol. The highest BCUT2D eigenvalue weighted by Crippen LogP contribution is 2.34. The first-order valence-corrected chi connectivity index (χ1v) is 11.2. The second-order valence-corrected chi connectivity index (χ2v) is 9.44. The molecule has 0 aliphatic rings. The largest absolute Gasteiger partial charge is 0.299 e. The van der Waals surface area contributed by atoms with E-state index in [1.54, 1.807) is 0 Å². The molecule has 0 saturated carbocycles. The van der Waals surface area contributed by atoms with Crippen molar-refractivity contribution in [2.45, 2.75) is 131 Å². The molecule has 0 N–H and O–H groups in total. The summed E-state index contributed by atoms with van der Waals surface area (Å²) in [7, 11) is 0. The van der Waals surface area contributed by atoms with Crippen molar-refractivity contribution >= 4 is 11.6 Å². The molecule has 0 aliphatic carbocycles. The SMILES string of the molecule is CCCCCCCC(=O)C(C)(C)CCC(C)(C)C(=O)CCCCCCC. The van der Waals surface area contributed by atoms with Crippen LogP contribution in [0.15, 0.2) is 0 Å². The van der Waals surface area contributed by atoms with Crippen molar-refractivity contribution in [3.05, 3.63) is 0 Å². The summed E-state index contributed by atoms with van der Waals surface area (Å²) in [4.78, 5) is 25.1. The number of unbranched alkanes of at least 4 members (excludes halogenated alkanes) is 8. The van der Waals surface area contributed by atoms with E-state index < -0.39 is 0 Å². The van der Waals surface area contributed by atoms with Gasteiger partial charge in [0.1, 0.15) is 11.6 Å². The summed E-state index contributed by atoms with van der Waals surface area (Å²) < 4.78 is 0. The molecule has 0 amide bonds. The Bertz CT molecular complexity index is 355. The zero-order valence-corrected chi connectivity index (χ0v) is 18.7. The second-order valence-electron chi connectivity index (χ2n) is 9.44. The van der Waals surface area contributed by atoms with Gasteiger partial charge in [0.05, 0.1) is 0 Å². The van der Waals surface area contributed by atoms with Crippen LogP contribution < -0.4 is 0 Å². The number of hydrogen-bond donors (Lipinski definition) is 0. The van der Waals surface area contributed by atoms with Crippen LogP contribution in [0.2, 0.25) is 0 Å². The van der Waals surface area contributed by atoms with Crippen LogP contribution in [0.4, 0.5) is 0 Å². The lowest BCUT2D eigenvalue weighted by Gasteiger charge is -2.29. The molecule has 2 heteroatoms. The van der Waals surface area contributed by atoms with Crippen LogP contribution in [0.25, 0.3) is 0 Å². The van der Waals surface area contributed by atoms with Gasteiger partial charge in [0.15, 0.2) is 0 Å². The maximum absolute atomic E-state index is 12.6. The third-order valence-electron chi connectivity index (χ3n) is 5.90. The summed E-state index contributed by atoms with van der Waals surface area (Å²) >= 11 is 0. The number of carbonyl (C=O) groups is 2. The fourth-order valence-corrected chi connectivity index (χ4v) is 3.36. The molecule has 154 valence electrons. The molecule has 0 saturated heterocycles. The quantitative estimate of drug-likeness (QED) is 0.247. The van der Waals surface area contributed by atoms with Crippen molar-refractivity contribution < 1.29 is 9.59 Å². The van der Waals surface area contributed by atoms with E-state index in [4.69, 9.17) is 0 Å². The number of ketones is 2. The average Bonchev–Trinajstić information content (AvgIpc) is 2.59. The van der Waals surface area contributed by atoms with E-state index in [1.165, 1.54) is 38.5 Å². The molecule has 0 aromatic rings. The van der Waals surface area contributed by atoms with E-state index in [9.17, 15) is 9.59 Å². The van der Waals surface area contributed by atoms with Crippen LogP contribution in [-0.2, 0) is 9.59 Å². The second kappa shape index (κ2) is 13.5. The molecule has 0 radical (unpaired) electrons. The molecule has 0 fully saturated rings. The summed E-state index contributed by atoms with van der Waals surface area (Å²) in [6.45, 7) is 12.7. The fourth-order valence-electron chi connectivity index (χ4n) is 3.36. The molecule has 0 atom stereocenters. The summed E-state index contributed by atoms with van der Waals surface area (Å²) in [5.41, 5.74) is -0.604. The van der Waals surface area contributed by atoms with Gasteiger partial charge in [-0.1, -0.05) is 92.9 Å². The van der Waals surface area contributed by atoms with Gasteiger partial charge in [0.2, 0.25) is 0 Å². The van der Waals surface area contributed by atoms with Crippen LogP contribution in [0.5, 0.6) is 0 Å². The first kappa shape index (κ1) is 25.3. The Balaban J connectivity index is 4.22. The van der Waals surface area contributed by atoms with E-state index in [0.717, 1.165) is 38.5 Å². The van der Waals surface area contributed by atoms with Crippen molar-refractivity contribution in [2.24, 2.45) is 10.8 Å². The van der Waals surface area contributed by atoms with Crippen molar-refractivity contribution in [3.63, 3.8) is 0 Å². The van der Waals surface area contributed by atoms with Crippen LogP contribution in [0.3, 0.4) is 0 Å². The Morgan fingerprint density at radius 3 is 1.15 bits per heavy atom. The van der Waals surface area contributed by atoms with Gasteiger partial charge < -0.3 is 0 Å². The Labute approximate surface area is 163 Å². The molecule has 0 rings (SSSR count). The lowest BCUT2D eigenvalue weighted by Crippen LogP contribution is -2.30. The van der Waals surface area contributed by atoms with Gasteiger partial charge in [0.25, 0.3) is 0 Å². The van der Waals surface area contributed by atoms with Gasteiger partial charge in [-0.2, -0.15) is 0 Å². The van der Waals surface area contributed by atoms with Gasteiger partial charge in [0, 0.05) is 23.7 Å². The lowest BCUT2D eigenvalue weighted by atomic mass is 9.73. The van der Waals surface area contributed by atoms with Crippen molar-refractivity contribution in [3.8, 4) is 0 Å². The number of rotatable bonds is 17. The molecular formula is C24H46O2. The van der Waals surface area contributed by atoms with E-state index >= 15 is 0 Å². The molecule has 0 aromatic heterocycles. The van der Waals surface area contributed by atoms with Crippen LogP contribution in [0, 0.1) is 10.8 Å². The lowest BCUT2D eigenvalue weighted by molar-refractivity contribution is -0.131. The predicted octanol–water partition coefficient (Wildman–Crippen LogP) is 7.68. The first-order valence-electron chi connectivity index (χ1n) is 11.2. The molecule has 0 spiro atoms. The molecule has 0 bridgehead atoms. The average molecular weight is 367 g/mol. The van der Waals surface area contributed by atoms with Gasteiger partial charge >= 0.3 is 0 Å².